The number of hydrazone groups is 1. The van der Waals surface area contributed by atoms with Gasteiger partial charge in [0.15, 0.2) is 5.03 Å². The number of unbranched alkanes of at least 4 members (excludes halogenated alkanes) is 1. The standard InChI is InChI=1S/C11H13Cl2N3O3/c1-2-3-6-19-11(15-16(17)18)14-8-4-5-9(12)10(13)7-8/h4-5,7H,2-3,6H2,1H3,(H,14,15). The van der Waals surface area contributed by atoms with Crippen LogP contribution in [0.25, 0.3) is 0 Å². The van der Waals surface area contributed by atoms with Crippen LogP contribution in [0.1, 0.15) is 19.8 Å². The number of nitrogens with one attached hydrogen (secondary N) is 1. The molecule has 0 spiro atoms. The number of benzene rings is 1. The molecule has 0 heterocycles. The maximum atomic E-state index is 10.4. The first-order valence-electron chi connectivity index (χ1n) is 5.60. The lowest BCUT2D eigenvalue weighted by Crippen LogP contribution is -2.18. The van der Waals surface area contributed by atoms with Crippen molar-refractivity contribution in [1.82, 2.24) is 0 Å². The first-order chi connectivity index (χ1) is 9.02. The van der Waals surface area contributed by atoms with Gasteiger partial charge in [0.2, 0.25) is 0 Å². The van der Waals surface area contributed by atoms with Gasteiger partial charge in [-0.2, -0.15) is 0 Å². The minimum atomic E-state index is -0.828. The van der Waals surface area contributed by atoms with E-state index < -0.39 is 5.03 Å². The molecule has 1 aromatic rings. The fraction of sp³-hybridized carbons (Fsp3) is 0.364. The molecule has 0 saturated heterocycles. The highest BCUT2D eigenvalue weighted by Crippen LogP contribution is 2.25. The minimum Gasteiger partial charge on any atom is -0.461 e. The van der Waals surface area contributed by atoms with Gasteiger partial charge in [-0.15, -0.1) is 0 Å². The predicted octanol–water partition coefficient (Wildman–Crippen LogP) is 3.77. The highest BCUT2D eigenvalue weighted by molar-refractivity contribution is 6.42. The molecule has 1 N–H and O–H groups in total. The Labute approximate surface area is 120 Å². The normalized spacial score (nSPS) is 11.2. The van der Waals surface area contributed by atoms with Gasteiger partial charge >= 0.3 is 6.02 Å². The van der Waals surface area contributed by atoms with Gasteiger partial charge in [-0.05, 0) is 24.6 Å². The molecule has 19 heavy (non-hydrogen) atoms. The Balaban J connectivity index is 2.76. The van der Waals surface area contributed by atoms with Crippen molar-refractivity contribution >= 4 is 34.9 Å². The summed E-state index contributed by atoms with van der Waals surface area (Å²) in [7, 11) is 0. The van der Waals surface area contributed by atoms with E-state index in [1.807, 2.05) is 6.92 Å². The summed E-state index contributed by atoms with van der Waals surface area (Å²) >= 11 is 11.6. The van der Waals surface area contributed by atoms with Crippen molar-refractivity contribution < 1.29 is 9.77 Å². The quantitative estimate of drug-likeness (QED) is 0.295. The molecule has 0 amide bonds. The summed E-state index contributed by atoms with van der Waals surface area (Å²) in [6.45, 7) is 2.33. The molecule has 104 valence electrons. The van der Waals surface area contributed by atoms with E-state index in [2.05, 4.69) is 10.4 Å². The van der Waals surface area contributed by atoms with Crippen LogP contribution in [-0.2, 0) is 4.74 Å². The van der Waals surface area contributed by atoms with Gasteiger partial charge in [0.1, 0.15) is 5.10 Å². The Morgan fingerprint density at radius 3 is 2.79 bits per heavy atom. The molecule has 0 radical (unpaired) electrons. The average molecular weight is 306 g/mol. The number of nitro groups is 1. The summed E-state index contributed by atoms with van der Waals surface area (Å²) in [6.07, 6.45) is 1.69. The van der Waals surface area contributed by atoms with Gasteiger partial charge < -0.3 is 10.1 Å². The Hall–Kier alpha value is -1.53. The summed E-state index contributed by atoms with van der Waals surface area (Å²) in [4.78, 5) is 10.4. The van der Waals surface area contributed by atoms with Crippen LogP contribution >= 0.6 is 23.2 Å². The molecule has 1 aromatic carbocycles. The van der Waals surface area contributed by atoms with Gasteiger partial charge in [0.25, 0.3) is 0 Å². The highest BCUT2D eigenvalue weighted by Gasteiger charge is 2.08. The maximum absolute atomic E-state index is 10.4. The number of halogens is 2. The molecule has 0 aliphatic carbocycles. The third kappa shape index (κ3) is 5.76. The van der Waals surface area contributed by atoms with E-state index in [0.717, 1.165) is 12.8 Å². The molecule has 1 rings (SSSR count). The number of rotatable bonds is 5. The molecule has 0 bridgehead atoms. The summed E-state index contributed by atoms with van der Waals surface area (Å²) in [5.41, 5.74) is 0.506. The number of nitrogens with zero attached hydrogens (tertiary/aromatic N) is 2. The van der Waals surface area contributed by atoms with Crippen LogP contribution in [0.5, 0.6) is 0 Å². The first kappa shape index (κ1) is 15.5. The number of hydrogen-bond acceptors (Lipinski definition) is 3. The van der Waals surface area contributed by atoms with Crippen LogP contribution in [0.15, 0.2) is 23.3 Å². The van der Waals surface area contributed by atoms with E-state index in [1.54, 1.807) is 12.1 Å². The molecular weight excluding hydrogens is 293 g/mol. The third-order valence-corrected chi connectivity index (χ3v) is 2.82. The third-order valence-electron chi connectivity index (χ3n) is 2.08. The van der Waals surface area contributed by atoms with E-state index in [4.69, 9.17) is 27.9 Å². The van der Waals surface area contributed by atoms with Crippen molar-refractivity contribution in [1.29, 1.82) is 0 Å². The van der Waals surface area contributed by atoms with Crippen molar-refractivity contribution in [2.75, 3.05) is 11.9 Å². The summed E-state index contributed by atoms with van der Waals surface area (Å²) < 4.78 is 5.19. The zero-order valence-corrected chi connectivity index (χ0v) is 11.7. The van der Waals surface area contributed by atoms with Crippen LogP contribution < -0.4 is 5.32 Å². The Morgan fingerprint density at radius 2 is 2.21 bits per heavy atom. The van der Waals surface area contributed by atoms with Crippen molar-refractivity contribution in [2.45, 2.75) is 19.8 Å². The molecule has 0 saturated carbocycles. The van der Waals surface area contributed by atoms with Crippen molar-refractivity contribution in [3.05, 3.63) is 38.4 Å². The number of amidine groups is 1. The summed E-state index contributed by atoms with van der Waals surface area (Å²) in [6, 6.07) is 4.54. The maximum Gasteiger partial charge on any atom is 0.363 e. The van der Waals surface area contributed by atoms with E-state index in [1.165, 1.54) is 6.07 Å². The van der Waals surface area contributed by atoms with Crippen LogP contribution in [-0.4, -0.2) is 17.7 Å². The van der Waals surface area contributed by atoms with E-state index in [9.17, 15) is 10.1 Å². The van der Waals surface area contributed by atoms with Crippen molar-refractivity contribution in [3.63, 3.8) is 0 Å². The summed E-state index contributed by atoms with van der Waals surface area (Å²) in [5, 5.41) is 16.1. The Kier molecular flexibility index (Phi) is 6.38. The largest absolute Gasteiger partial charge is 0.461 e. The topological polar surface area (TPSA) is 76.8 Å². The van der Waals surface area contributed by atoms with Crippen molar-refractivity contribution in [2.24, 2.45) is 5.10 Å². The second-order valence-corrected chi connectivity index (χ2v) is 4.41. The molecular formula is C11H13Cl2N3O3. The molecule has 0 fully saturated rings. The Bertz CT molecular complexity index is 480. The van der Waals surface area contributed by atoms with Gasteiger partial charge in [0.05, 0.1) is 16.7 Å². The van der Waals surface area contributed by atoms with Gasteiger partial charge in [-0.1, -0.05) is 36.5 Å². The average Bonchev–Trinajstić information content (AvgIpc) is 2.33. The molecule has 0 aliphatic heterocycles. The predicted molar refractivity (Wildman–Crippen MR) is 75.4 cm³/mol. The van der Waals surface area contributed by atoms with E-state index in [0.29, 0.717) is 22.3 Å². The highest BCUT2D eigenvalue weighted by atomic mass is 35.5. The molecule has 0 unspecified atom stereocenters. The van der Waals surface area contributed by atoms with Crippen LogP contribution in [0.3, 0.4) is 0 Å². The molecule has 0 atom stereocenters. The lowest BCUT2D eigenvalue weighted by atomic mass is 10.3. The lowest BCUT2D eigenvalue weighted by Gasteiger charge is -2.09. The molecule has 8 heteroatoms. The zero-order valence-electron chi connectivity index (χ0n) is 10.2. The van der Waals surface area contributed by atoms with Crippen molar-refractivity contribution in [3.8, 4) is 0 Å². The van der Waals surface area contributed by atoms with Crippen LogP contribution in [0.2, 0.25) is 10.0 Å². The van der Waals surface area contributed by atoms with Crippen LogP contribution in [0.4, 0.5) is 5.69 Å². The monoisotopic (exact) mass is 305 g/mol. The molecule has 0 aromatic heterocycles. The second-order valence-electron chi connectivity index (χ2n) is 3.60. The first-order valence-corrected chi connectivity index (χ1v) is 6.36. The van der Waals surface area contributed by atoms with Crippen LogP contribution in [0, 0.1) is 10.1 Å². The zero-order chi connectivity index (χ0) is 14.3. The fourth-order valence-corrected chi connectivity index (χ4v) is 1.47. The smallest absolute Gasteiger partial charge is 0.363 e. The molecule has 0 aliphatic rings. The second kappa shape index (κ2) is 7.81. The number of hydrogen-bond donors (Lipinski definition) is 1. The minimum absolute atomic E-state index is 0.183. The van der Waals surface area contributed by atoms with E-state index >= 15 is 0 Å². The fourth-order valence-electron chi connectivity index (χ4n) is 1.17. The lowest BCUT2D eigenvalue weighted by molar-refractivity contribution is -0.486. The van der Waals surface area contributed by atoms with Gasteiger partial charge in [-0.3, -0.25) is 0 Å². The molecule has 6 nitrogen and oxygen atoms in total. The number of ether oxygens (including phenoxy) is 1. The van der Waals surface area contributed by atoms with E-state index in [-0.39, 0.29) is 6.02 Å². The number of anilines is 1. The summed E-state index contributed by atoms with van der Waals surface area (Å²) in [5.74, 6) is 0. The SMILES string of the molecule is CCCCO/C(=N\[N+](=O)[O-])Nc1ccc(Cl)c(Cl)c1. The van der Waals surface area contributed by atoms with Gasteiger partial charge in [-0.25, -0.2) is 10.1 Å². The Morgan fingerprint density at radius 1 is 1.47 bits per heavy atom. The van der Waals surface area contributed by atoms with Gasteiger partial charge in [0, 0.05) is 5.69 Å².